The van der Waals surface area contributed by atoms with Crippen molar-refractivity contribution in [3.05, 3.63) is 30.5 Å². The number of methoxy groups -OCH3 is 1. The van der Waals surface area contributed by atoms with E-state index in [0.29, 0.717) is 37.5 Å². The molecule has 0 spiro atoms. The molecule has 0 radical (unpaired) electrons. The average molecular weight is 301 g/mol. The molecule has 2 aromatic heterocycles. The zero-order valence-electron chi connectivity index (χ0n) is 12.3. The number of fused-ring (bicyclic) bond motifs is 3. The molecule has 3 heterocycles. The van der Waals surface area contributed by atoms with Crippen LogP contribution in [0.5, 0.6) is 5.75 Å². The molecule has 0 bridgehead atoms. The van der Waals surface area contributed by atoms with Gasteiger partial charge in [0, 0.05) is 32.4 Å². The van der Waals surface area contributed by atoms with E-state index in [1.165, 1.54) is 0 Å². The van der Waals surface area contributed by atoms with Crippen molar-refractivity contribution in [2.75, 3.05) is 38.2 Å². The largest absolute Gasteiger partial charge is 0.493 e. The number of piperazine rings is 1. The molecule has 22 heavy (non-hydrogen) atoms. The molecular weight excluding hydrogens is 285 g/mol. The number of halogens is 1. The third-order valence-electron chi connectivity index (χ3n) is 4.11. The standard InChI is InChI=1S/C16H16FN3O2/c1-21-13-4-2-3-11-14-16(22-15(11)13)12(5-6-18-14)19-7-9-20(17)10-8-19/h2-6H,7-10H2,1H3. The van der Waals surface area contributed by atoms with Gasteiger partial charge >= 0.3 is 0 Å². The van der Waals surface area contributed by atoms with Crippen LogP contribution in [0.15, 0.2) is 34.9 Å². The number of nitrogens with zero attached hydrogens (tertiary/aromatic N) is 3. The predicted octanol–water partition coefficient (Wildman–Crippen LogP) is 3.00. The third-order valence-corrected chi connectivity index (χ3v) is 4.11. The van der Waals surface area contributed by atoms with Crippen molar-refractivity contribution in [1.82, 2.24) is 10.1 Å². The monoisotopic (exact) mass is 301 g/mol. The highest BCUT2D eigenvalue weighted by Crippen LogP contribution is 2.37. The second-order valence-corrected chi connectivity index (χ2v) is 5.34. The second-order valence-electron chi connectivity index (χ2n) is 5.34. The zero-order valence-corrected chi connectivity index (χ0v) is 12.3. The maximum atomic E-state index is 13.2. The number of furan rings is 1. The van der Waals surface area contributed by atoms with Crippen molar-refractivity contribution in [3.63, 3.8) is 0 Å². The molecule has 4 rings (SSSR count). The summed E-state index contributed by atoms with van der Waals surface area (Å²) < 4.78 is 24.6. The van der Waals surface area contributed by atoms with Gasteiger partial charge in [0.05, 0.1) is 18.2 Å². The van der Waals surface area contributed by atoms with Gasteiger partial charge in [-0.05, 0) is 18.2 Å². The van der Waals surface area contributed by atoms with Crippen molar-refractivity contribution in [2.45, 2.75) is 0 Å². The number of anilines is 1. The molecule has 1 fully saturated rings. The Balaban J connectivity index is 1.89. The third kappa shape index (κ3) is 1.99. The minimum atomic E-state index is 0.396. The number of aromatic nitrogens is 1. The van der Waals surface area contributed by atoms with Crippen LogP contribution in [0.4, 0.5) is 10.2 Å². The highest BCUT2D eigenvalue weighted by molar-refractivity contribution is 6.08. The minimum absolute atomic E-state index is 0.396. The molecule has 1 aliphatic heterocycles. The van der Waals surface area contributed by atoms with Crippen LogP contribution >= 0.6 is 0 Å². The number of pyridine rings is 1. The fourth-order valence-corrected chi connectivity index (χ4v) is 2.97. The van der Waals surface area contributed by atoms with Gasteiger partial charge in [0.25, 0.3) is 0 Å². The summed E-state index contributed by atoms with van der Waals surface area (Å²) in [4.78, 5) is 6.59. The van der Waals surface area contributed by atoms with Gasteiger partial charge in [0.2, 0.25) is 0 Å². The lowest BCUT2D eigenvalue weighted by atomic mass is 10.2. The molecule has 0 amide bonds. The maximum absolute atomic E-state index is 13.2. The summed E-state index contributed by atoms with van der Waals surface area (Å²) in [6.07, 6.45) is 1.77. The highest BCUT2D eigenvalue weighted by atomic mass is 19.2. The Morgan fingerprint density at radius 2 is 1.95 bits per heavy atom. The van der Waals surface area contributed by atoms with Crippen LogP contribution in [-0.2, 0) is 0 Å². The number of ether oxygens (including phenoxy) is 1. The van der Waals surface area contributed by atoms with Gasteiger partial charge in [0.1, 0.15) is 5.52 Å². The van der Waals surface area contributed by atoms with E-state index in [2.05, 4.69) is 9.88 Å². The lowest BCUT2D eigenvalue weighted by Crippen LogP contribution is -2.42. The number of para-hydroxylation sites is 1. The maximum Gasteiger partial charge on any atom is 0.179 e. The van der Waals surface area contributed by atoms with Gasteiger partial charge in [-0.1, -0.05) is 6.07 Å². The molecule has 0 aliphatic carbocycles. The van der Waals surface area contributed by atoms with E-state index < -0.39 is 0 Å². The normalized spacial score (nSPS) is 16.5. The Morgan fingerprint density at radius 3 is 2.73 bits per heavy atom. The van der Waals surface area contributed by atoms with Gasteiger partial charge < -0.3 is 14.1 Å². The van der Waals surface area contributed by atoms with Crippen LogP contribution in [0.2, 0.25) is 0 Å². The summed E-state index contributed by atoms with van der Waals surface area (Å²) in [6, 6.07) is 7.68. The highest BCUT2D eigenvalue weighted by Gasteiger charge is 2.22. The molecule has 5 nitrogen and oxygen atoms in total. The van der Waals surface area contributed by atoms with E-state index in [-0.39, 0.29) is 0 Å². The molecule has 0 N–H and O–H groups in total. The first-order valence-electron chi connectivity index (χ1n) is 7.28. The fraction of sp³-hybridized carbons (Fsp3) is 0.312. The number of hydrogen-bond donors (Lipinski definition) is 0. The smallest absolute Gasteiger partial charge is 0.179 e. The molecular formula is C16H16FN3O2. The summed E-state index contributed by atoms with van der Waals surface area (Å²) in [5.74, 6) is 0.690. The molecule has 1 saturated heterocycles. The lowest BCUT2D eigenvalue weighted by Gasteiger charge is -2.31. The minimum Gasteiger partial charge on any atom is -0.493 e. The summed E-state index contributed by atoms with van der Waals surface area (Å²) in [5.41, 5.74) is 3.20. The molecule has 0 saturated carbocycles. The van der Waals surface area contributed by atoms with E-state index in [0.717, 1.165) is 27.3 Å². The molecule has 6 heteroatoms. The van der Waals surface area contributed by atoms with Crippen molar-refractivity contribution >= 4 is 27.8 Å². The summed E-state index contributed by atoms with van der Waals surface area (Å²) >= 11 is 0. The van der Waals surface area contributed by atoms with Crippen molar-refractivity contribution in [1.29, 1.82) is 0 Å². The summed E-state index contributed by atoms with van der Waals surface area (Å²) in [6.45, 7) is 2.05. The predicted molar refractivity (Wildman–Crippen MR) is 83.0 cm³/mol. The lowest BCUT2D eigenvalue weighted by molar-refractivity contribution is 0.0201. The number of hydrogen-bond acceptors (Lipinski definition) is 5. The van der Waals surface area contributed by atoms with Crippen molar-refractivity contribution in [2.24, 2.45) is 0 Å². The Bertz CT molecular complexity index is 825. The van der Waals surface area contributed by atoms with E-state index in [1.807, 2.05) is 24.3 Å². The molecule has 3 aromatic rings. The van der Waals surface area contributed by atoms with Crippen molar-refractivity contribution < 1.29 is 13.6 Å². The van der Waals surface area contributed by atoms with Gasteiger partial charge in [-0.25, -0.2) is 0 Å². The first kappa shape index (κ1) is 13.3. The molecule has 1 aliphatic rings. The van der Waals surface area contributed by atoms with Crippen LogP contribution in [-0.4, -0.2) is 43.4 Å². The Hall–Kier alpha value is -2.34. The van der Waals surface area contributed by atoms with Gasteiger partial charge in [0.15, 0.2) is 16.9 Å². The SMILES string of the molecule is COc1cccc2c1oc1c(N3CCN(F)CC3)ccnc12. The second kappa shape index (κ2) is 5.14. The fourth-order valence-electron chi connectivity index (χ4n) is 2.97. The number of rotatable bonds is 2. The van der Waals surface area contributed by atoms with Crippen LogP contribution in [0.25, 0.3) is 22.1 Å². The first-order valence-corrected chi connectivity index (χ1v) is 7.28. The molecule has 114 valence electrons. The zero-order chi connectivity index (χ0) is 15.1. The van der Waals surface area contributed by atoms with Crippen LogP contribution in [0, 0.1) is 0 Å². The first-order chi connectivity index (χ1) is 10.8. The van der Waals surface area contributed by atoms with Crippen molar-refractivity contribution in [3.8, 4) is 5.75 Å². The summed E-state index contributed by atoms with van der Waals surface area (Å²) in [7, 11) is 1.62. The average Bonchev–Trinajstić information content (AvgIpc) is 2.94. The van der Waals surface area contributed by atoms with E-state index in [9.17, 15) is 4.48 Å². The van der Waals surface area contributed by atoms with E-state index >= 15 is 0 Å². The van der Waals surface area contributed by atoms with Crippen LogP contribution in [0.1, 0.15) is 0 Å². The van der Waals surface area contributed by atoms with Crippen LogP contribution in [0.3, 0.4) is 0 Å². The quantitative estimate of drug-likeness (QED) is 0.681. The Labute approximate surface area is 126 Å². The molecule has 0 atom stereocenters. The van der Waals surface area contributed by atoms with Gasteiger partial charge in [-0.2, -0.15) is 0 Å². The number of benzene rings is 1. The Kier molecular flexibility index (Phi) is 3.11. The van der Waals surface area contributed by atoms with E-state index in [1.54, 1.807) is 13.3 Å². The topological polar surface area (TPSA) is 41.7 Å². The van der Waals surface area contributed by atoms with E-state index in [4.69, 9.17) is 9.15 Å². The summed E-state index contributed by atoms with van der Waals surface area (Å²) in [5, 5.41) is 1.77. The van der Waals surface area contributed by atoms with Gasteiger partial charge in [-0.15, -0.1) is 9.60 Å². The van der Waals surface area contributed by atoms with Gasteiger partial charge in [-0.3, -0.25) is 4.98 Å². The molecule has 0 unspecified atom stereocenters. The van der Waals surface area contributed by atoms with Crippen LogP contribution < -0.4 is 9.64 Å². The Morgan fingerprint density at radius 1 is 1.14 bits per heavy atom. The molecule has 1 aromatic carbocycles.